The van der Waals surface area contributed by atoms with Crippen molar-refractivity contribution in [1.82, 2.24) is 14.8 Å². The molecule has 278 valence electrons. The normalized spacial score (nSPS) is 20.6. The van der Waals surface area contributed by atoms with Crippen LogP contribution in [0.1, 0.15) is 90.8 Å². The number of benzene rings is 1. The number of carbonyl (C=O) groups excluding carboxylic acids is 3. The third-order valence-corrected chi connectivity index (χ3v) is 10.9. The number of nitrogens with zero attached hydrogens (tertiary/aromatic N) is 4. The largest absolute Gasteiger partial charge is 0.474 e. The average Bonchev–Trinajstić information content (AvgIpc) is 3.60. The van der Waals surface area contributed by atoms with Crippen LogP contribution >= 0.6 is 11.3 Å². The second-order valence-corrected chi connectivity index (χ2v) is 14.2. The number of hydrogen-bond donors (Lipinski definition) is 0. The van der Waals surface area contributed by atoms with Gasteiger partial charge in [0.25, 0.3) is 11.8 Å². The number of aryl methyl sites for hydroxylation is 1. The van der Waals surface area contributed by atoms with Crippen molar-refractivity contribution in [3.05, 3.63) is 81.3 Å². The standard InChI is InChI=1S/C37H38F6N4O4S/c1-3-8-29-35(51-26-21-30(52-22-26)37(41,42)43,14-7-18-47(29)32(49)31-28(36(38,39)40)11-6-17-45-31)33(50)46-19-15-34(23-44,16-20-46)27-10-5-4-9-25(27)13-12-24(2)48/h4-6,9-11,17,21-22,29H,3,7-8,12-16,18-20H2,1-2H3/t29-,35+/m1/s1. The lowest BCUT2D eigenvalue weighted by molar-refractivity contribution is -0.160. The molecule has 4 heterocycles. The Bertz CT molecular complexity index is 1830. The first-order valence-electron chi connectivity index (χ1n) is 17.0. The molecule has 8 nitrogen and oxygen atoms in total. The first kappa shape index (κ1) is 38.8. The molecule has 0 radical (unpaired) electrons. The van der Waals surface area contributed by atoms with Gasteiger partial charge in [0, 0.05) is 50.1 Å². The van der Waals surface area contributed by atoms with Crippen LogP contribution in [-0.4, -0.2) is 63.7 Å². The molecule has 0 spiro atoms. The van der Waals surface area contributed by atoms with Gasteiger partial charge in [-0.15, -0.1) is 11.3 Å². The van der Waals surface area contributed by atoms with Crippen LogP contribution in [0, 0.1) is 11.3 Å². The van der Waals surface area contributed by atoms with Gasteiger partial charge in [-0.3, -0.25) is 14.6 Å². The number of Topliss-reactive ketones (excluding diaryl/α,β-unsaturated/α-hetero) is 1. The quantitative estimate of drug-likeness (QED) is 0.195. The summed E-state index contributed by atoms with van der Waals surface area (Å²) in [6.45, 7) is 3.32. The number of pyridine rings is 1. The molecule has 52 heavy (non-hydrogen) atoms. The van der Waals surface area contributed by atoms with E-state index in [1.54, 1.807) is 13.0 Å². The van der Waals surface area contributed by atoms with E-state index in [0.29, 0.717) is 30.6 Å². The Morgan fingerprint density at radius 2 is 1.73 bits per heavy atom. The van der Waals surface area contributed by atoms with Crippen LogP contribution < -0.4 is 4.74 Å². The van der Waals surface area contributed by atoms with Crippen molar-refractivity contribution >= 4 is 28.9 Å². The fourth-order valence-corrected chi connectivity index (χ4v) is 8.07. The molecule has 2 amide bonds. The van der Waals surface area contributed by atoms with E-state index in [1.165, 1.54) is 11.8 Å². The van der Waals surface area contributed by atoms with Crippen molar-refractivity contribution in [2.45, 2.75) is 94.6 Å². The number of thiophene rings is 1. The van der Waals surface area contributed by atoms with Crippen LogP contribution in [-0.2, 0) is 33.8 Å². The van der Waals surface area contributed by atoms with Crippen LogP contribution in [0.4, 0.5) is 26.3 Å². The zero-order valence-electron chi connectivity index (χ0n) is 28.6. The summed E-state index contributed by atoms with van der Waals surface area (Å²) in [7, 11) is 0. The average molecular weight is 749 g/mol. The van der Waals surface area contributed by atoms with Gasteiger partial charge in [-0.05, 0) is 62.3 Å². The minimum atomic E-state index is -4.91. The Kier molecular flexibility index (Phi) is 11.4. The van der Waals surface area contributed by atoms with Crippen LogP contribution in [0.2, 0.25) is 0 Å². The van der Waals surface area contributed by atoms with E-state index in [1.807, 2.05) is 18.2 Å². The van der Waals surface area contributed by atoms with Crippen LogP contribution in [0.25, 0.3) is 0 Å². The third-order valence-electron chi connectivity index (χ3n) is 9.91. The number of carbonyl (C=O) groups is 3. The maximum Gasteiger partial charge on any atom is 0.425 e. The Balaban J connectivity index is 1.53. The third kappa shape index (κ3) is 7.82. The molecular formula is C37H38F6N4O4S. The molecule has 0 unspecified atom stereocenters. The molecule has 0 saturated carbocycles. The molecule has 2 aromatic heterocycles. The maximum absolute atomic E-state index is 14.9. The van der Waals surface area contributed by atoms with Gasteiger partial charge >= 0.3 is 12.4 Å². The number of ketones is 1. The van der Waals surface area contributed by atoms with E-state index in [9.17, 15) is 46.0 Å². The number of likely N-dealkylation sites (tertiary alicyclic amines) is 2. The number of hydrogen-bond acceptors (Lipinski definition) is 7. The molecule has 0 aliphatic carbocycles. The summed E-state index contributed by atoms with van der Waals surface area (Å²) < 4.78 is 89.4. The van der Waals surface area contributed by atoms with Gasteiger partial charge in [-0.2, -0.15) is 31.6 Å². The fraction of sp³-hybridized carbons (Fsp3) is 0.486. The summed E-state index contributed by atoms with van der Waals surface area (Å²) in [5, 5.41) is 11.6. The highest BCUT2D eigenvalue weighted by Crippen LogP contribution is 2.44. The molecule has 2 atom stereocenters. The van der Waals surface area contributed by atoms with Crippen molar-refractivity contribution in [3.63, 3.8) is 0 Å². The minimum absolute atomic E-state index is 0.00109. The van der Waals surface area contributed by atoms with Gasteiger partial charge in [0.05, 0.1) is 23.1 Å². The summed E-state index contributed by atoms with van der Waals surface area (Å²) in [5.41, 5.74) is -3.48. The highest BCUT2D eigenvalue weighted by atomic mass is 32.1. The Morgan fingerprint density at radius 3 is 2.35 bits per heavy atom. The number of ether oxygens (including phenoxy) is 1. The SMILES string of the molecule is CCC[C@H]1N(C(=O)c2ncccc2C(F)(F)F)CCC[C@@]1(Oc1csc(C(F)(F)F)c1)C(=O)N1CCC(C#N)(c2ccccc2CCC(C)=O)CC1. The summed E-state index contributed by atoms with van der Waals surface area (Å²) >= 11 is 0.374. The molecule has 15 heteroatoms. The van der Waals surface area contributed by atoms with E-state index in [4.69, 9.17) is 4.74 Å². The Morgan fingerprint density at radius 1 is 1.02 bits per heavy atom. The van der Waals surface area contributed by atoms with Gasteiger partial charge in [0.2, 0.25) is 5.60 Å². The molecule has 5 rings (SSSR count). The van der Waals surface area contributed by atoms with Crippen molar-refractivity contribution in [2.75, 3.05) is 19.6 Å². The van der Waals surface area contributed by atoms with Crippen molar-refractivity contribution < 1.29 is 45.5 Å². The molecule has 2 fully saturated rings. The molecular weight excluding hydrogens is 710 g/mol. The van der Waals surface area contributed by atoms with E-state index in [2.05, 4.69) is 11.1 Å². The monoisotopic (exact) mass is 748 g/mol. The highest BCUT2D eigenvalue weighted by molar-refractivity contribution is 7.10. The predicted octanol–water partition coefficient (Wildman–Crippen LogP) is 8.01. The fourth-order valence-electron chi connectivity index (χ4n) is 7.39. The van der Waals surface area contributed by atoms with Crippen molar-refractivity contribution in [3.8, 4) is 11.8 Å². The Labute approximate surface area is 301 Å². The van der Waals surface area contributed by atoms with Gasteiger partial charge < -0.3 is 19.3 Å². The number of halogens is 6. The lowest BCUT2D eigenvalue weighted by Crippen LogP contribution is -2.68. The molecule has 2 saturated heterocycles. The lowest BCUT2D eigenvalue weighted by Gasteiger charge is -2.51. The number of alkyl halides is 6. The number of piperidine rings is 2. The van der Waals surface area contributed by atoms with Gasteiger partial charge in [-0.25, -0.2) is 0 Å². The Hall–Kier alpha value is -4.45. The molecule has 0 N–H and O–H groups in total. The summed E-state index contributed by atoms with van der Waals surface area (Å²) in [6, 6.07) is 11.2. The van der Waals surface area contributed by atoms with E-state index >= 15 is 0 Å². The predicted molar refractivity (Wildman–Crippen MR) is 179 cm³/mol. The molecule has 3 aromatic rings. The van der Waals surface area contributed by atoms with Crippen LogP contribution in [0.3, 0.4) is 0 Å². The molecule has 2 aliphatic heterocycles. The highest BCUT2D eigenvalue weighted by Gasteiger charge is 2.57. The zero-order chi connectivity index (χ0) is 37.9. The number of aromatic nitrogens is 1. The first-order valence-corrected chi connectivity index (χ1v) is 17.9. The van der Waals surface area contributed by atoms with Gasteiger partial charge in [0.1, 0.15) is 22.1 Å². The number of nitriles is 1. The number of amides is 2. The van der Waals surface area contributed by atoms with Crippen LogP contribution in [0.5, 0.6) is 5.75 Å². The summed E-state index contributed by atoms with van der Waals surface area (Å²) in [5.74, 6) is -1.95. The van der Waals surface area contributed by atoms with E-state index in [-0.39, 0.29) is 63.3 Å². The smallest absolute Gasteiger partial charge is 0.425 e. The van der Waals surface area contributed by atoms with Gasteiger partial charge in [0.15, 0.2) is 0 Å². The zero-order valence-corrected chi connectivity index (χ0v) is 29.5. The second-order valence-electron chi connectivity index (χ2n) is 13.3. The van der Waals surface area contributed by atoms with Crippen molar-refractivity contribution in [1.29, 1.82) is 5.26 Å². The lowest BCUT2D eigenvalue weighted by atomic mass is 9.71. The molecule has 2 aliphatic rings. The first-order chi connectivity index (χ1) is 24.6. The maximum atomic E-state index is 14.9. The van der Waals surface area contributed by atoms with E-state index in [0.717, 1.165) is 45.8 Å². The van der Waals surface area contributed by atoms with Gasteiger partial charge in [-0.1, -0.05) is 37.6 Å². The molecule has 0 bridgehead atoms. The second kappa shape index (κ2) is 15.3. The number of rotatable bonds is 10. The summed E-state index contributed by atoms with van der Waals surface area (Å²) in [6.07, 6.45) is -6.91. The van der Waals surface area contributed by atoms with Crippen molar-refractivity contribution in [2.24, 2.45) is 0 Å². The minimum Gasteiger partial charge on any atom is -0.474 e. The summed E-state index contributed by atoms with van der Waals surface area (Å²) in [4.78, 5) is 46.1. The van der Waals surface area contributed by atoms with E-state index < -0.39 is 57.4 Å². The molecule has 1 aromatic carbocycles. The van der Waals surface area contributed by atoms with Crippen LogP contribution in [0.15, 0.2) is 54.0 Å². The topological polar surface area (TPSA) is 104 Å².